The van der Waals surface area contributed by atoms with Gasteiger partial charge in [-0.3, -0.25) is 4.79 Å². The number of benzene rings is 1. The van der Waals surface area contributed by atoms with Crippen LogP contribution in [0.4, 0.5) is 0 Å². The fourth-order valence-electron chi connectivity index (χ4n) is 4.52. The van der Waals surface area contributed by atoms with Crippen LogP contribution in [-0.4, -0.2) is 30.4 Å². The van der Waals surface area contributed by atoms with Crippen LogP contribution in [0.5, 0.6) is 0 Å². The van der Waals surface area contributed by atoms with Gasteiger partial charge < -0.3 is 14.6 Å². The van der Waals surface area contributed by atoms with Crippen LogP contribution in [0.3, 0.4) is 0 Å². The molecule has 1 aromatic heterocycles. The third-order valence-corrected chi connectivity index (χ3v) is 5.87. The number of hydrogen-bond donors (Lipinski definition) is 1. The number of likely N-dealkylation sites (tertiary alicyclic amines) is 1. The maximum atomic E-state index is 12.7. The third kappa shape index (κ3) is 3.18. The van der Waals surface area contributed by atoms with E-state index in [1.54, 1.807) is 6.07 Å². The van der Waals surface area contributed by atoms with Crippen LogP contribution in [0.1, 0.15) is 59.7 Å². The number of fused-ring (bicyclic) bond motifs is 3. The summed E-state index contributed by atoms with van der Waals surface area (Å²) in [7, 11) is 0. The number of aryl methyl sites for hydroxylation is 1. The molecule has 2 aromatic rings. The fraction of sp³-hybridized carbons (Fsp3) is 0.500. The first-order valence-electron chi connectivity index (χ1n) is 9.71. The van der Waals surface area contributed by atoms with E-state index in [0.29, 0.717) is 17.6 Å². The minimum atomic E-state index is -0.112. The second kappa shape index (κ2) is 6.92. The SMILES string of the molecule is Cc1ccc(C(=O)N[C@@H]2c3ccccc3[C@@H]3CN(CCC(C)C)C[C@H]23)o1. The molecule has 2 aliphatic rings. The lowest BCUT2D eigenvalue weighted by Gasteiger charge is -2.23. The van der Waals surface area contributed by atoms with Crippen molar-refractivity contribution in [1.29, 1.82) is 0 Å². The molecule has 0 bridgehead atoms. The third-order valence-electron chi connectivity index (χ3n) is 5.87. The summed E-state index contributed by atoms with van der Waals surface area (Å²) in [6.45, 7) is 9.71. The van der Waals surface area contributed by atoms with E-state index in [-0.39, 0.29) is 11.9 Å². The van der Waals surface area contributed by atoms with Crippen LogP contribution >= 0.6 is 0 Å². The second-order valence-corrected chi connectivity index (χ2v) is 8.20. The zero-order valence-electron chi connectivity index (χ0n) is 15.9. The van der Waals surface area contributed by atoms with Gasteiger partial charge in [0, 0.05) is 24.9 Å². The zero-order valence-corrected chi connectivity index (χ0v) is 15.9. The number of furan rings is 1. The van der Waals surface area contributed by atoms with Gasteiger partial charge >= 0.3 is 0 Å². The Kier molecular flexibility index (Phi) is 4.62. The molecule has 0 radical (unpaired) electrons. The van der Waals surface area contributed by atoms with Gasteiger partial charge in [-0.25, -0.2) is 0 Å². The van der Waals surface area contributed by atoms with E-state index in [1.165, 1.54) is 17.5 Å². The normalized spacial score (nSPS) is 24.7. The van der Waals surface area contributed by atoms with E-state index in [1.807, 2.05) is 13.0 Å². The molecule has 1 fully saturated rings. The van der Waals surface area contributed by atoms with Crippen molar-refractivity contribution < 1.29 is 9.21 Å². The highest BCUT2D eigenvalue weighted by Crippen LogP contribution is 2.49. The Balaban J connectivity index is 1.54. The van der Waals surface area contributed by atoms with E-state index in [9.17, 15) is 4.79 Å². The molecule has 4 rings (SSSR count). The molecule has 1 aromatic carbocycles. The van der Waals surface area contributed by atoms with Crippen molar-refractivity contribution in [3.63, 3.8) is 0 Å². The molecule has 1 aliphatic carbocycles. The first kappa shape index (κ1) is 17.3. The highest BCUT2D eigenvalue weighted by molar-refractivity contribution is 5.92. The monoisotopic (exact) mass is 352 g/mol. The first-order chi connectivity index (χ1) is 12.5. The van der Waals surface area contributed by atoms with Crippen molar-refractivity contribution in [2.75, 3.05) is 19.6 Å². The average Bonchev–Trinajstić information content (AvgIpc) is 3.29. The predicted molar refractivity (Wildman–Crippen MR) is 102 cm³/mol. The minimum Gasteiger partial charge on any atom is -0.456 e. The van der Waals surface area contributed by atoms with Crippen LogP contribution in [0.15, 0.2) is 40.8 Å². The van der Waals surface area contributed by atoms with Gasteiger partial charge in [0.05, 0.1) is 6.04 Å². The van der Waals surface area contributed by atoms with Gasteiger partial charge in [-0.05, 0) is 49.1 Å². The van der Waals surface area contributed by atoms with Crippen molar-refractivity contribution in [3.05, 3.63) is 59.0 Å². The van der Waals surface area contributed by atoms with Gasteiger partial charge in [0.1, 0.15) is 5.76 Å². The Morgan fingerprint density at radius 1 is 1.19 bits per heavy atom. The summed E-state index contributed by atoms with van der Waals surface area (Å²) in [6.07, 6.45) is 1.23. The quantitative estimate of drug-likeness (QED) is 0.880. The molecule has 1 aliphatic heterocycles. The van der Waals surface area contributed by atoms with E-state index in [0.717, 1.165) is 31.3 Å². The summed E-state index contributed by atoms with van der Waals surface area (Å²) in [4.78, 5) is 15.3. The molecule has 2 heterocycles. The van der Waals surface area contributed by atoms with Crippen molar-refractivity contribution in [3.8, 4) is 0 Å². The van der Waals surface area contributed by atoms with Gasteiger partial charge in [-0.1, -0.05) is 38.1 Å². The Morgan fingerprint density at radius 3 is 2.65 bits per heavy atom. The predicted octanol–water partition coefficient (Wildman–Crippen LogP) is 4.13. The molecule has 1 N–H and O–H groups in total. The number of carbonyl (C=O) groups excluding carboxylic acids is 1. The van der Waals surface area contributed by atoms with Crippen molar-refractivity contribution in [1.82, 2.24) is 10.2 Å². The van der Waals surface area contributed by atoms with Gasteiger partial charge in [-0.15, -0.1) is 0 Å². The molecule has 1 amide bonds. The zero-order chi connectivity index (χ0) is 18.3. The summed E-state index contributed by atoms with van der Waals surface area (Å²) in [5, 5.41) is 3.26. The van der Waals surface area contributed by atoms with Gasteiger partial charge in [0.15, 0.2) is 5.76 Å². The lowest BCUT2D eigenvalue weighted by Crippen LogP contribution is -2.33. The number of amides is 1. The summed E-state index contributed by atoms with van der Waals surface area (Å²) in [5.74, 6) is 2.74. The average molecular weight is 352 g/mol. The van der Waals surface area contributed by atoms with E-state index >= 15 is 0 Å². The van der Waals surface area contributed by atoms with Crippen molar-refractivity contribution >= 4 is 5.91 Å². The lowest BCUT2D eigenvalue weighted by molar-refractivity contribution is 0.0894. The van der Waals surface area contributed by atoms with Gasteiger partial charge in [0.25, 0.3) is 5.91 Å². The summed E-state index contributed by atoms with van der Waals surface area (Å²) >= 11 is 0. The van der Waals surface area contributed by atoms with Crippen LogP contribution in [-0.2, 0) is 0 Å². The molecule has 0 unspecified atom stereocenters. The van der Waals surface area contributed by atoms with Crippen LogP contribution in [0.2, 0.25) is 0 Å². The summed E-state index contributed by atoms with van der Waals surface area (Å²) < 4.78 is 5.52. The largest absolute Gasteiger partial charge is 0.456 e. The van der Waals surface area contributed by atoms with E-state index in [2.05, 4.69) is 48.3 Å². The molecule has 4 nitrogen and oxygen atoms in total. The van der Waals surface area contributed by atoms with E-state index < -0.39 is 0 Å². The number of carbonyl (C=O) groups is 1. The van der Waals surface area contributed by atoms with Gasteiger partial charge in [-0.2, -0.15) is 0 Å². The summed E-state index contributed by atoms with van der Waals surface area (Å²) in [6, 6.07) is 12.3. The highest BCUT2D eigenvalue weighted by Gasteiger charge is 2.46. The molecule has 1 saturated heterocycles. The standard InChI is InChI=1S/C22H28N2O2/c1-14(2)10-11-24-12-18-16-6-4-5-7-17(16)21(19(18)13-24)23-22(25)20-9-8-15(3)26-20/h4-9,14,18-19,21H,10-13H2,1-3H3,(H,23,25)/t18-,19-,21+/m0/s1. The van der Waals surface area contributed by atoms with Crippen LogP contribution < -0.4 is 5.32 Å². The highest BCUT2D eigenvalue weighted by atomic mass is 16.3. The summed E-state index contributed by atoms with van der Waals surface area (Å²) in [5.41, 5.74) is 2.69. The number of nitrogens with one attached hydrogen (secondary N) is 1. The first-order valence-corrected chi connectivity index (χ1v) is 9.71. The topological polar surface area (TPSA) is 45.5 Å². The maximum absolute atomic E-state index is 12.7. The molecule has 138 valence electrons. The van der Waals surface area contributed by atoms with Crippen LogP contribution in [0.25, 0.3) is 0 Å². The smallest absolute Gasteiger partial charge is 0.287 e. The Bertz CT molecular complexity index is 795. The minimum absolute atomic E-state index is 0.0677. The Hall–Kier alpha value is -2.07. The Morgan fingerprint density at radius 2 is 1.96 bits per heavy atom. The molecule has 4 heteroatoms. The van der Waals surface area contributed by atoms with Crippen LogP contribution in [0, 0.1) is 18.8 Å². The molecule has 3 atom stereocenters. The van der Waals surface area contributed by atoms with E-state index in [4.69, 9.17) is 4.42 Å². The van der Waals surface area contributed by atoms with Crippen molar-refractivity contribution in [2.45, 2.75) is 39.2 Å². The molecule has 26 heavy (non-hydrogen) atoms. The number of hydrogen-bond acceptors (Lipinski definition) is 3. The number of rotatable bonds is 5. The van der Waals surface area contributed by atoms with Gasteiger partial charge in [0.2, 0.25) is 0 Å². The second-order valence-electron chi connectivity index (χ2n) is 8.20. The number of nitrogens with zero attached hydrogens (tertiary/aromatic N) is 1. The molecular formula is C22H28N2O2. The molecular weight excluding hydrogens is 324 g/mol. The lowest BCUT2D eigenvalue weighted by atomic mass is 9.94. The van der Waals surface area contributed by atoms with Crippen molar-refractivity contribution in [2.24, 2.45) is 11.8 Å². The maximum Gasteiger partial charge on any atom is 0.287 e. The molecule has 0 saturated carbocycles. The Labute approximate surface area is 155 Å². The molecule has 0 spiro atoms. The fourth-order valence-corrected chi connectivity index (χ4v) is 4.52.